The second-order valence-corrected chi connectivity index (χ2v) is 3.16. The van der Waals surface area contributed by atoms with E-state index in [4.69, 9.17) is 5.73 Å². The molecular weight excluding hydrogens is 176 g/mol. The highest BCUT2D eigenvalue weighted by atomic mass is 14.9. The van der Waals surface area contributed by atoms with E-state index >= 15 is 0 Å². The molecule has 0 aliphatic rings. The smallest absolute Gasteiger partial charge is 0.114 e. The van der Waals surface area contributed by atoms with Crippen LogP contribution >= 0.6 is 0 Å². The summed E-state index contributed by atoms with van der Waals surface area (Å²) in [7, 11) is 1.84. The van der Waals surface area contributed by atoms with Crippen LogP contribution < -0.4 is 11.1 Å². The molecule has 0 fully saturated rings. The third kappa shape index (κ3) is 1.16. The van der Waals surface area contributed by atoms with Crippen molar-refractivity contribution in [2.24, 2.45) is 0 Å². The lowest BCUT2D eigenvalue weighted by Crippen LogP contribution is -1.99. The number of nitrogens with two attached hydrogens (primary N) is 1. The normalized spacial score (nSPS) is 10.4. The summed E-state index contributed by atoms with van der Waals surface area (Å²) in [6.07, 6.45) is 3.32. The van der Waals surface area contributed by atoms with Crippen molar-refractivity contribution >= 4 is 22.4 Å². The van der Waals surface area contributed by atoms with Crippen LogP contribution in [0.3, 0.4) is 0 Å². The number of nitrogens with one attached hydrogen (secondary N) is 1. The van der Waals surface area contributed by atoms with Gasteiger partial charge in [0.15, 0.2) is 0 Å². The molecule has 0 spiro atoms. The van der Waals surface area contributed by atoms with E-state index in [0.29, 0.717) is 5.69 Å². The van der Waals surface area contributed by atoms with E-state index in [0.717, 1.165) is 22.3 Å². The fraction of sp³-hybridized carbons (Fsp3) is 0.200. The molecule has 0 aliphatic heterocycles. The number of aromatic nitrogens is 2. The van der Waals surface area contributed by atoms with Crippen LogP contribution in [0.15, 0.2) is 18.5 Å². The number of nitrogens with zero attached hydrogens (tertiary/aromatic N) is 2. The average Bonchev–Trinajstić information content (AvgIpc) is 2.23. The molecule has 1 aromatic carbocycles. The molecule has 72 valence electrons. The van der Waals surface area contributed by atoms with Crippen LogP contribution in [0.5, 0.6) is 0 Å². The molecule has 0 amide bonds. The van der Waals surface area contributed by atoms with Crippen molar-refractivity contribution in [3.8, 4) is 0 Å². The Morgan fingerprint density at radius 3 is 2.50 bits per heavy atom. The van der Waals surface area contributed by atoms with Gasteiger partial charge in [-0.1, -0.05) is 0 Å². The molecule has 0 atom stereocenters. The fourth-order valence-electron chi connectivity index (χ4n) is 1.52. The highest BCUT2D eigenvalue weighted by molar-refractivity contribution is 5.95. The SMILES string of the molecule is CNc1cc(C)c2nccnc2c1N. The number of nitrogen functional groups attached to an aromatic ring is 1. The van der Waals surface area contributed by atoms with E-state index in [9.17, 15) is 0 Å². The molecule has 2 aromatic rings. The number of hydrogen-bond acceptors (Lipinski definition) is 4. The van der Waals surface area contributed by atoms with Crippen molar-refractivity contribution in [1.29, 1.82) is 0 Å². The standard InChI is InChI=1S/C10H12N4/c1-6-5-7(12-2)8(11)10-9(6)13-3-4-14-10/h3-5,12H,11H2,1-2H3. The zero-order valence-corrected chi connectivity index (χ0v) is 8.20. The van der Waals surface area contributed by atoms with Crippen LogP contribution in [-0.4, -0.2) is 17.0 Å². The maximum absolute atomic E-state index is 5.93. The van der Waals surface area contributed by atoms with Crippen molar-refractivity contribution in [3.05, 3.63) is 24.0 Å². The maximum atomic E-state index is 5.93. The molecule has 4 nitrogen and oxygen atoms in total. The zero-order chi connectivity index (χ0) is 10.1. The highest BCUT2D eigenvalue weighted by Crippen LogP contribution is 2.28. The third-order valence-corrected chi connectivity index (χ3v) is 2.25. The van der Waals surface area contributed by atoms with Gasteiger partial charge in [-0.05, 0) is 18.6 Å². The number of anilines is 2. The van der Waals surface area contributed by atoms with Gasteiger partial charge in [0.1, 0.15) is 5.52 Å². The molecule has 1 aromatic heterocycles. The van der Waals surface area contributed by atoms with Gasteiger partial charge in [-0.2, -0.15) is 0 Å². The average molecular weight is 188 g/mol. The molecule has 4 heteroatoms. The molecule has 0 aliphatic carbocycles. The first-order valence-corrected chi connectivity index (χ1v) is 4.41. The molecule has 0 radical (unpaired) electrons. The quantitative estimate of drug-likeness (QED) is 0.667. The summed E-state index contributed by atoms with van der Waals surface area (Å²) < 4.78 is 0. The third-order valence-electron chi connectivity index (χ3n) is 2.25. The monoisotopic (exact) mass is 188 g/mol. The lowest BCUT2D eigenvalue weighted by Gasteiger charge is -2.09. The van der Waals surface area contributed by atoms with Crippen molar-refractivity contribution in [2.75, 3.05) is 18.1 Å². The van der Waals surface area contributed by atoms with Gasteiger partial charge in [-0.25, -0.2) is 0 Å². The summed E-state index contributed by atoms with van der Waals surface area (Å²) >= 11 is 0. The van der Waals surface area contributed by atoms with E-state index in [1.165, 1.54) is 0 Å². The Balaban J connectivity index is 2.87. The van der Waals surface area contributed by atoms with E-state index in [1.54, 1.807) is 12.4 Å². The van der Waals surface area contributed by atoms with Gasteiger partial charge in [0.05, 0.1) is 16.9 Å². The first kappa shape index (κ1) is 8.74. The fourth-order valence-corrected chi connectivity index (χ4v) is 1.52. The summed E-state index contributed by atoms with van der Waals surface area (Å²) in [4.78, 5) is 8.47. The summed E-state index contributed by atoms with van der Waals surface area (Å²) in [5, 5.41) is 3.04. The number of benzene rings is 1. The van der Waals surface area contributed by atoms with Gasteiger partial charge in [0, 0.05) is 19.4 Å². The van der Waals surface area contributed by atoms with E-state index in [1.807, 2.05) is 20.0 Å². The zero-order valence-electron chi connectivity index (χ0n) is 8.20. The van der Waals surface area contributed by atoms with Crippen molar-refractivity contribution in [2.45, 2.75) is 6.92 Å². The minimum atomic E-state index is 0.654. The topological polar surface area (TPSA) is 63.8 Å². The number of rotatable bonds is 1. The lowest BCUT2D eigenvalue weighted by molar-refractivity contribution is 1.27. The van der Waals surface area contributed by atoms with Gasteiger partial charge in [0.25, 0.3) is 0 Å². The predicted molar refractivity (Wildman–Crippen MR) is 58.2 cm³/mol. The van der Waals surface area contributed by atoms with Gasteiger partial charge in [-0.3, -0.25) is 9.97 Å². The van der Waals surface area contributed by atoms with Crippen molar-refractivity contribution < 1.29 is 0 Å². The minimum absolute atomic E-state index is 0.654. The van der Waals surface area contributed by atoms with Crippen molar-refractivity contribution in [1.82, 2.24) is 9.97 Å². The Kier molecular flexibility index (Phi) is 1.96. The van der Waals surface area contributed by atoms with Gasteiger partial charge < -0.3 is 11.1 Å². The Labute approximate surface area is 82.2 Å². The van der Waals surface area contributed by atoms with Crippen molar-refractivity contribution in [3.63, 3.8) is 0 Å². The summed E-state index contributed by atoms with van der Waals surface area (Å²) in [5.74, 6) is 0. The summed E-state index contributed by atoms with van der Waals surface area (Å²) in [6, 6.07) is 1.98. The van der Waals surface area contributed by atoms with Gasteiger partial charge in [0.2, 0.25) is 0 Å². The van der Waals surface area contributed by atoms with E-state index in [-0.39, 0.29) is 0 Å². The molecule has 0 bridgehead atoms. The van der Waals surface area contributed by atoms with Crippen LogP contribution in [0.1, 0.15) is 5.56 Å². The summed E-state index contributed by atoms with van der Waals surface area (Å²) in [5.41, 5.74) is 10.2. The molecule has 14 heavy (non-hydrogen) atoms. The number of aryl methyl sites for hydroxylation is 1. The predicted octanol–water partition coefficient (Wildman–Crippen LogP) is 1.56. The minimum Gasteiger partial charge on any atom is -0.395 e. The maximum Gasteiger partial charge on any atom is 0.114 e. The lowest BCUT2D eigenvalue weighted by atomic mass is 10.1. The van der Waals surface area contributed by atoms with Crippen LogP contribution in [0.25, 0.3) is 11.0 Å². The molecule has 0 unspecified atom stereocenters. The van der Waals surface area contributed by atoms with E-state index in [2.05, 4.69) is 15.3 Å². The number of fused-ring (bicyclic) bond motifs is 1. The Morgan fingerprint density at radius 2 is 1.86 bits per heavy atom. The molecule has 2 rings (SSSR count). The second kappa shape index (κ2) is 3.14. The molecule has 0 saturated carbocycles. The molecule has 0 saturated heterocycles. The molecule has 3 N–H and O–H groups in total. The first-order chi connectivity index (χ1) is 6.74. The Morgan fingerprint density at radius 1 is 1.21 bits per heavy atom. The van der Waals surface area contributed by atoms with Crippen LogP contribution in [0, 0.1) is 6.92 Å². The number of hydrogen-bond donors (Lipinski definition) is 2. The first-order valence-electron chi connectivity index (χ1n) is 4.41. The largest absolute Gasteiger partial charge is 0.395 e. The summed E-state index contributed by atoms with van der Waals surface area (Å²) in [6.45, 7) is 2.00. The van der Waals surface area contributed by atoms with Gasteiger partial charge >= 0.3 is 0 Å². The Bertz CT molecular complexity index is 479. The van der Waals surface area contributed by atoms with Crippen LogP contribution in [0.4, 0.5) is 11.4 Å². The second-order valence-electron chi connectivity index (χ2n) is 3.16. The van der Waals surface area contributed by atoms with E-state index < -0.39 is 0 Å². The highest BCUT2D eigenvalue weighted by Gasteiger charge is 2.07. The van der Waals surface area contributed by atoms with Crippen LogP contribution in [-0.2, 0) is 0 Å². The molecule has 1 heterocycles. The molecular formula is C10H12N4. The van der Waals surface area contributed by atoms with Gasteiger partial charge in [-0.15, -0.1) is 0 Å². The Hall–Kier alpha value is -1.84. The van der Waals surface area contributed by atoms with Crippen LogP contribution in [0.2, 0.25) is 0 Å².